The van der Waals surface area contributed by atoms with Crippen molar-refractivity contribution >= 4 is 23.0 Å². The Labute approximate surface area is 157 Å². The van der Waals surface area contributed by atoms with Crippen molar-refractivity contribution < 1.29 is 4.74 Å². The third-order valence-corrected chi connectivity index (χ3v) is 5.20. The number of rotatable bonds is 6. The van der Waals surface area contributed by atoms with Crippen molar-refractivity contribution in [3.8, 4) is 11.8 Å². The number of hydrogen-bond donors (Lipinski definition) is 0. The number of nitrogens with zero attached hydrogens (tertiary/aromatic N) is 2. The van der Waals surface area contributed by atoms with E-state index >= 15 is 0 Å². The van der Waals surface area contributed by atoms with Gasteiger partial charge in [-0.2, -0.15) is 5.26 Å². The smallest absolute Gasteiger partial charge is 0.134 e. The first-order valence-corrected chi connectivity index (χ1v) is 9.54. The first-order chi connectivity index (χ1) is 12.8. The fourth-order valence-corrected chi connectivity index (χ4v) is 3.55. The van der Waals surface area contributed by atoms with E-state index in [-0.39, 0.29) is 0 Å². The lowest BCUT2D eigenvalue weighted by Gasteiger charge is -2.06. The third kappa shape index (κ3) is 4.01. The molecular formula is C22H18N2OS. The van der Waals surface area contributed by atoms with E-state index in [4.69, 9.17) is 4.74 Å². The number of nitriles is 1. The van der Waals surface area contributed by atoms with Crippen LogP contribution < -0.4 is 4.74 Å². The van der Waals surface area contributed by atoms with Crippen LogP contribution in [0, 0.1) is 11.3 Å². The molecule has 1 heterocycles. The second-order valence-electron chi connectivity index (χ2n) is 6.36. The number of hydrogen-bond acceptors (Lipinski definition) is 4. The van der Waals surface area contributed by atoms with Gasteiger partial charge in [0.2, 0.25) is 0 Å². The van der Waals surface area contributed by atoms with Crippen molar-refractivity contribution in [1.82, 2.24) is 4.98 Å². The summed E-state index contributed by atoms with van der Waals surface area (Å²) in [6.07, 6.45) is 4.33. The first-order valence-electron chi connectivity index (χ1n) is 8.66. The minimum Gasteiger partial charge on any atom is -0.489 e. The largest absolute Gasteiger partial charge is 0.489 e. The zero-order chi connectivity index (χ0) is 17.8. The zero-order valence-electron chi connectivity index (χ0n) is 14.3. The molecule has 3 nitrogen and oxygen atoms in total. The van der Waals surface area contributed by atoms with Gasteiger partial charge in [-0.15, -0.1) is 11.3 Å². The summed E-state index contributed by atoms with van der Waals surface area (Å²) >= 11 is 1.55. The highest BCUT2D eigenvalue weighted by Gasteiger charge is 2.26. The van der Waals surface area contributed by atoms with Crippen LogP contribution in [0.1, 0.15) is 40.6 Å². The van der Waals surface area contributed by atoms with Gasteiger partial charge < -0.3 is 4.74 Å². The van der Waals surface area contributed by atoms with E-state index in [0.29, 0.717) is 18.1 Å². The van der Waals surface area contributed by atoms with Crippen molar-refractivity contribution in [1.29, 1.82) is 5.26 Å². The molecule has 1 aliphatic carbocycles. The number of ether oxygens (including phenoxy) is 1. The Hall–Kier alpha value is -2.90. The van der Waals surface area contributed by atoms with Crippen LogP contribution in [-0.2, 0) is 6.61 Å². The SMILES string of the molecule is N#C/C(=C\c1ccc(OCc2ccccc2)cc1)c1nc(C2CC2)cs1. The molecular weight excluding hydrogens is 340 g/mol. The quantitative estimate of drug-likeness (QED) is 0.534. The average molecular weight is 358 g/mol. The second kappa shape index (κ2) is 7.55. The molecule has 0 radical (unpaired) electrons. The lowest BCUT2D eigenvalue weighted by atomic mass is 10.1. The topological polar surface area (TPSA) is 45.9 Å². The van der Waals surface area contributed by atoms with E-state index in [0.717, 1.165) is 27.6 Å². The van der Waals surface area contributed by atoms with Crippen LogP contribution in [0.5, 0.6) is 5.75 Å². The zero-order valence-corrected chi connectivity index (χ0v) is 15.1. The van der Waals surface area contributed by atoms with E-state index in [1.807, 2.05) is 60.7 Å². The van der Waals surface area contributed by atoms with Crippen LogP contribution >= 0.6 is 11.3 Å². The summed E-state index contributed by atoms with van der Waals surface area (Å²) in [7, 11) is 0. The Balaban J connectivity index is 1.44. The molecule has 0 atom stereocenters. The molecule has 1 aromatic heterocycles. The molecule has 0 aliphatic heterocycles. The van der Waals surface area contributed by atoms with Crippen molar-refractivity contribution in [2.75, 3.05) is 0 Å². The first kappa shape index (κ1) is 16.6. The maximum Gasteiger partial charge on any atom is 0.134 e. The molecule has 1 fully saturated rings. The fourth-order valence-electron chi connectivity index (χ4n) is 2.69. The Bertz CT molecular complexity index is 948. The molecule has 4 heteroatoms. The van der Waals surface area contributed by atoms with Crippen LogP contribution in [0.3, 0.4) is 0 Å². The monoisotopic (exact) mass is 358 g/mol. The molecule has 26 heavy (non-hydrogen) atoms. The number of aromatic nitrogens is 1. The minimum absolute atomic E-state index is 0.544. The van der Waals surface area contributed by atoms with Gasteiger partial charge in [-0.1, -0.05) is 42.5 Å². The van der Waals surface area contributed by atoms with Gasteiger partial charge in [0.1, 0.15) is 23.4 Å². The Morgan fingerprint density at radius 2 is 1.92 bits per heavy atom. The molecule has 128 valence electrons. The highest BCUT2D eigenvalue weighted by Crippen LogP contribution is 2.40. The summed E-state index contributed by atoms with van der Waals surface area (Å²) in [4.78, 5) is 4.62. The van der Waals surface area contributed by atoms with Crippen molar-refractivity contribution in [3.63, 3.8) is 0 Å². The minimum atomic E-state index is 0.544. The Morgan fingerprint density at radius 1 is 1.15 bits per heavy atom. The van der Waals surface area contributed by atoms with Crippen LogP contribution in [-0.4, -0.2) is 4.98 Å². The lowest BCUT2D eigenvalue weighted by Crippen LogP contribution is -1.94. The molecule has 0 bridgehead atoms. The summed E-state index contributed by atoms with van der Waals surface area (Å²) in [6.45, 7) is 0.544. The van der Waals surface area contributed by atoms with Gasteiger partial charge in [0, 0.05) is 11.3 Å². The molecule has 0 unspecified atom stereocenters. The van der Waals surface area contributed by atoms with Gasteiger partial charge in [0.05, 0.1) is 11.3 Å². The van der Waals surface area contributed by atoms with E-state index in [9.17, 15) is 5.26 Å². The normalized spacial score (nSPS) is 14.0. The van der Waals surface area contributed by atoms with Gasteiger partial charge in [0.25, 0.3) is 0 Å². The molecule has 0 saturated heterocycles. The maximum absolute atomic E-state index is 9.49. The Morgan fingerprint density at radius 3 is 2.62 bits per heavy atom. The predicted molar refractivity (Wildman–Crippen MR) is 105 cm³/mol. The lowest BCUT2D eigenvalue weighted by molar-refractivity contribution is 0.306. The molecule has 0 spiro atoms. The molecule has 1 aliphatic rings. The standard InChI is InChI=1S/C22H18N2OS/c23-13-19(22-24-21(15-26-22)18-8-9-18)12-16-6-10-20(11-7-16)25-14-17-4-2-1-3-5-17/h1-7,10-12,15,18H,8-9,14H2/b19-12+. The molecule has 3 aromatic rings. The third-order valence-electron chi connectivity index (χ3n) is 4.31. The number of thiazole rings is 1. The molecule has 2 aromatic carbocycles. The molecule has 4 rings (SSSR count). The van der Waals surface area contributed by atoms with Gasteiger partial charge in [0.15, 0.2) is 0 Å². The summed E-state index contributed by atoms with van der Waals surface area (Å²) in [6, 6.07) is 20.2. The summed E-state index contributed by atoms with van der Waals surface area (Å²) in [5.41, 5.74) is 3.85. The van der Waals surface area contributed by atoms with Crippen molar-refractivity contribution in [3.05, 3.63) is 81.8 Å². The highest BCUT2D eigenvalue weighted by atomic mass is 32.1. The predicted octanol–water partition coefficient (Wildman–Crippen LogP) is 5.66. The second-order valence-corrected chi connectivity index (χ2v) is 7.22. The maximum atomic E-state index is 9.49. The summed E-state index contributed by atoms with van der Waals surface area (Å²) < 4.78 is 5.80. The van der Waals surface area contributed by atoms with Gasteiger partial charge in [-0.3, -0.25) is 0 Å². The fraction of sp³-hybridized carbons (Fsp3) is 0.182. The van der Waals surface area contributed by atoms with Gasteiger partial charge >= 0.3 is 0 Å². The average Bonchev–Trinajstić information content (AvgIpc) is 3.43. The molecule has 0 N–H and O–H groups in total. The van der Waals surface area contributed by atoms with Crippen molar-refractivity contribution in [2.24, 2.45) is 0 Å². The van der Waals surface area contributed by atoms with E-state index in [2.05, 4.69) is 16.4 Å². The number of benzene rings is 2. The van der Waals surface area contributed by atoms with Crippen LogP contribution in [0.4, 0.5) is 0 Å². The number of allylic oxidation sites excluding steroid dienone is 1. The Kier molecular flexibility index (Phi) is 4.81. The molecule has 0 amide bonds. The molecule has 1 saturated carbocycles. The van der Waals surface area contributed by atoms with Gasteiger partial charge in [-0.05, 0) is 42.2 Å². The van der Waals surface area contributed by atoms with Crippen LogP contribution in [0.2, 0.25) is 0 Å². The van der Waals surface area contributed by atoms with Crippen molar-refractivity contribution in [2.45, 2.75) is 25.4 Å². The van der Waals surface area contributed by atoms with Crippen LogP contribution in [0.15, 0.2) is 60.0 Å². The van der Waals surface area contributed by atoms with E-state index < -0.39 is 0 Å². The van der Waals surface area contributed by atoms with E-state index in [1.54, 1.807) is 11.3 Å². The van der Waals surface area contributed by atoms with Crippen LogP contribution in [0.25, 0.3) is 11.6 Å². The highest BCUT2D eigenvalue weighted by molar-refractivity contribution is 7.11. The van der Waals surface area contributed by atoms with E-state index in [1.165, 1.54) is 12.8 Å². The van der Waals surface area contributed by atoms with Gasteiger partial charge in [-0.25, -0.2) is 4.98 Å². The summed E-state index contributed by atoms with van der Waals surface area (Å²) in [5, 5.41) is 12.4. The summed E-state index contributed by atoms with van der Waals surface area (Å²) in [5.74, 6) is 1.43.